The van der Waals surface area contributed by atoms with Crippen molar-refractivity contribution in [3.63, 3.8) is 0 Å². The van der Waals surface area contributed by atoms with E-state index in [4.69, 9.17) is 14.5 Å². The van der Waals surface area contributed by atoms with E-state index in [1.807, 2.05) is 11.0 Å². The number of nitrogens with one attached hydrogen (secondary N) is 2. The molecule has 9 nitrogen and oxygen atoms in total. The maximum absolute atomic E-state index is 13.1. The van der Waals surface area contributed by atoms with Gasteiger partial charge in [-0.15, -0.1) is 0 Å². The number of halogens is 1. The van der Waals surface area contributed by atoms with E-state index in [2.05, 4.69) is 34.6 Å². The smallest absolute Gasteiger partial charge is 0.247 e. The molecule has 0 unspecified atom stereocenters. The number of aryl methyl sites for hydroxylation is 1. The van der Waals surface area contributed by atoms with Gasteiger partial charge in [0, 0.05) is 18.2 Å². The third kappa shape index (κ3) is 4.37. The third-order valence-electron chi connectivity index (χ3n) is 6.09. The molecular weight excluding hydrogens is 425 g/mol. The number of carbonyl (C=O) groups is 1. The molecule has 3 aromatic rings. The van der Waals surface area contributed by atoms with Gasteiger partial charge in [0.1, 0.15) is 11.9 Å². The van der Waals surface area contributed by atoms with Crippen LogP contribution in [0.3, 0.4) is 0 Å². The third-order valence-corrected chi connectivity index (χ3v) is 6.09. The van der Waals surface area contributed by atoms with Crippen LogP contribution in [0, 0.1) is 5.95 Å². The Balaban J connectivity index is 1.40. The second-order valence-electron chi connectivity index (χ2n) is 8.76. The van der Waals surface area contributed by atoms with Gasteiger partial charge >= 0.3 is 0 Å². The minimum atomic E-state index is -0.589. The van der Waals surface area contributed by atoms with Crippen LogP contribution in [0.4, 0.5) is 27.7 Å². The first-order chi connectivity index (χ1) is 16.0. The summed E-state index contributed by atoms with van der Waals surface area (Å²) in [6.45, 7) is 4.79. The van der Waals surface area contributed by atoms with Crippen LogP contribution in [0.25, 0.3) is 0 Å². The highest BCUT2D eigenvalue weighted by Crippen LogP contribution is 2.33. The Morgan fingerprint density at radius 1 is 1.24 bits per heavy atom. The summed E-state index contributed by atoms with van der Waals surface area (Å²) in [7, 11) is 0. The number of hydrogen-bond acceptors (Lipinski definition) is 8. The minimum Gasteiger partial charge on any atom is -0.338 e. The molecule has 33 heavy (non-hydrogen) atoms. The quantitative estimate of drug-likeness (QED) is 0.542. The molecule has 1 fully saturated rings. The van der Waals surface area contributed by atoms with E-state index in [0.29, 0.717) is 36.3 Å². The first-order valence-corrected chi connectivity index (χ1v) is 11.3. The van der Waals surface area contributed by atoms with E-state index in [1.165, 1.54) is 18.3 Å². The van der Waals surface area contributed by atoms with Crippen molar-refractivity contribution in [1.82, 2.24) is 20.1 Å². The van der Waals surface area contributed by atoms with Crippen LogP contribution < -0.4 is 15.5 Å². The van der Waals surface area contributed by atoms with E-state index in [1.54, 1.807) is 0 Å². The van der Waals surface area contributed by atoms with Crippen molar-refractivity contribution in [3.05, 3.63) is 47.3 Å². The summed E-state index contributed by atoms with van der Waals surface area (Å²) < 4.78 is 18.5. The number of amides is 1. The largest absolute Gasteiger partial charge is 0.338 e. The molecule has 0 spiro atoms. The predicted octanol–water partition coefficient (Wildman–Crippen LogP) is 3.96. The summed E-state index contributed by atoms with van der Waals surface area (Å²) in [6.07, 6.45) is 5.62. The number of carbonyl (C=O) groups excluding carboxylic acids is 1. The lowest BCUT2D eigenvalue weighted by Crippen LogP contribution is -2.40. The van der Waals surface area contributed by atoms with E-state index < -0.39 is 12.0 Å². The fraction of sp³-hybridized carbons (Fsp3) is 0.435. The zero-order valence-electron chi connectivity index (χ0n) is 18.6. The normalized spacial score (nSPS) is 17.5. The van der Waals surface area contributed by atoms with Gasteiger partial charge in [0.25, 0.3) is 0 Å². The summed E-state index contributed by atoms with van der Waals surface area (Å²) in [5.41, 5.74) is 3.41. The Morgan fingerprint density at radius 2 is 2.12 bits per heavy atom. The molecule has 1 aliphatic heterocycles. The molecule has 1 amide bonds. The molecule has 4 heterocycles. The first-order valence-electron chi connectivity index (χ1n) is 11.3. The van der Waals surface area contributed by atoms with Gasteiger partial charge in [0.15, 0.2) is 0 Å². The maximum atomic E-state index is 13.1. The zero-order valence-corrected chi connectivity index (χ0v) is 18.6. The van der Waals surface area contributed by atoms with E-state index in [-0.39, 0.29) is 11.8 Å². The predicted molar refractivity (Wildman–Crippen MR) is 121 cm³/mol. The number of rotatable bonds is 6. The lowest BCUT2D eigenvalue weighted by molar-refractivity contribution is -0.117. The number of hydrogen-bond donors (Lipinski definition) is 2. The summed E-state index contributed by atoms with van der Waals surface area (Å²) in [6, 6.07) is 4.19. The van der Waals surface area contributed by atoms with Gasteiger partial charge in [-0.1, -0.05) is 19.0 Å². The Bertz CT molecular complexity index is 1160. The molecular formula is C23H26FN7O2. The highest BCUT2D eigenvalue weighted by molar-refractivity contribution is 5.96. The second-order valence-corrected chi connectivity index (χ2v) is 8.76. The topological polar surface area (TPSA) is 109 Å². The molecule has 0 aromatic carbocycles. The lowest BCUT2D eigenvalue weighted by Gasteiger charge is -2.25. The molecule has 172 valence electrons. The molecule has 2 aliphatic rings. The van der Waals surface area contributed by atoms with Gasteiger partial charge in [-0.05, 0) is 50.2 Å². The average Bonchev–Trinajstić information content (AvgIpc) is 3.55. The number of fused-ring (bicyclic) bond motifs is 1. The van der Waals surface area contributed by atoms with Gasteiger partial charge < -0.3 is 20.1 Å². The van der Waals surface area contributed by atoms with Crippen LogP contribution in [0.1, 0.15) is 56.0 Å². The van der Waals surface area contributed by atoms with Gasteiger partial charge in [-0.2, -0.15) is 9.37 Å². The molecule has 10 heteroatoms. The molecule has 2 N–H and O–H groups in total. The number of pyridine rings is 1. The van der Waals surface area contributed by atoms with Crippen molar-refractivity contribution >= 4 is 29.2 Å². The first kappa shape index (κ1) is 21.3. The Hall–Kier alpha value is -3.56. The fourth-order valence-electron chi connectivity index (χ4n) is 4.34. The maximum Gasteiger partial charge on any atom is 0.247 e. The molecule has 0 bridgehead atoms. The Labute approximate surface area is 190 Å². The van der Waals surface area contributed by atoms with Crippen molar-refractivity contribution < 1.29 is 13.7 Å². The molecule has 0 saturated carbocycles. The summed E-state index contributed by atoms with van der Waals surface area (Å²) in [5, 5.41) is 10.2. The van der Waals surface area contributed by atoms with Crippen molar-refractivity contribution in [3.8, 4) is 0 Å². The highest BCUT2D eigenvalue weighted by Gasteiger charge is 2.34. The molecule has 1 saturated heterocycles. The van der Waals surface area contributed by atoms with Gasteiger partial charge in [-0.3, -0.25) is 4.79 Å². The van der Waals surface area contributed by atoms with E-state index >= 15 is 0 Å². The Kier molecular flexibility index (Phi) is 5.65. The number of anilines is 4. The monoisotopic (exact) mass is 451 g/mol. The zero-order chi connectivity index (χ0) is 22.9. The molecule has 1 aliphatic carbocycles. The molecule has 3 aromatic heterocycles. The van der Waals surface area contributed by atoms with Gasteiger partial charge in [0.2, 0.25) is 23.7 Å². The van der Waals surface area contributed by atoms with Crippen LogP contribution in [0.5, 0.6) is 0 Å². The van der Waals surface area contributed by atoms with Gasteiger partial charge in [0.05, 0.1) is 23.3 Å². The average molecular weight is 452 g/mol. The van der Waals surface area contributed by atoms with Gasteiger partial charge in [-0.25, -0.2) is 9.97 Å². The van der Waals surface area contributed by atoms with Crippen LogP contribution in [0.2, 0.25) is 0 Å². The summed E-state index contributed by atoms with van der Waals surface area (Å²) >= 11 is 0. The van der Waals surface area contributed by atoms with Crippen LogP contribution in [-0.2, 0) is 17.6 Å². The standard InChI is InChI=1S/C23H26FN7O2/c1-13(2)17-11-20(33-30-17)28-21-15-5-3-6-16(15)27-23(29-21)31-10-4-7-18(31)22(32)26-14-8-9-19(24)25-12-14/h8-9,11-13,18H,3-7,10H2,1-2H3,(H,26,32)(H,27,28,29)/t18-/m0/s1. The second kappa shape index (κ2) is 8.76. The number of nitrogens with zero attached hydrogens (tertiary/aromatic N) is 5. The molecule has 0 radical (unpaired) electrons. The van der Waals surface area contributed by atoms with Crippen molar-refractivity contribution in [1.29, 1.82) is 0 Å². The molecule has 1 atom stereocenters. The minimum absolute atomic E-state index is 0.184. The van der Waals surface area contributed by atoms with Crippen molar-refractivity contribution in [2.24, 2.45) is 0 Å². The van der Waals surface area contributed by atoms with Crippen molar-refractivity contribution in [2.75, 3.05) is 22.1 Å². The van der Waals surface area contributed by atoms with Crippen LogP contribution in [-0.4, -0.2) is 38.6 Å². The van der Waals surface area contributed by atoms with Crippen LogP contribution >= 0.6 is 0 Å². The fourth-order valence-corrected chi connectivity index (χ4v) is 4.34. The SMILES string of the molecule is CC(C)c1cc(Nc2nc(N3CCC[C@H]3C(=O)Nc3ccc(F)nc3)nc3c2CCC3)on1. The van der Waals surface area contributed by atoms with Crippen molar-refractivity contribution in [2.45, 2.75) is 57.9 Å². The lowest BCUT2D eigenvalue weighted by atomic mass is 10.1. The van der Waals surface area contributed by atoms with Crippen LogP contribution in [0.15, 0.2) is 28.9 Å². The summed E-state index contributed by atoms with van der Waals surface area (Å²) in [4.78, 5) is 28.1. The number of aromatic nitrogens is 4. The molecule has 5 rings (SSSR count). The van der Waals surface area contributed by atoms with E-state index in [9.17, 15) is 9.18 Å². The summed E-state index contributed by atoms with van der Waals surface area (Å²) in [5.74, 6) is 1.25. The van der Waals surface area contributed by atoms with E-state index in [0.717, 1.165) is 42.6 Å². The highest BCUT2D eigenvalue weighted by atomic mass is 19.1. The Morgan fingerprint density at radius 3 is 2.88 bits per heavy atom.